The van der Waals surface area contributed by atoms with Gasteiger partial charge in [-0.05, 0) is 37.5 Å². The van der Waals surface area contributed by atoms with Gasteiger partial charge in [0.15, 0.2) is 11.5 Å². The van der Waals surface area contributed by atoms with E-state index >= 15 is 0 Å². The van der Waals surface area contributed by atoms with Gasteiger partial charge >= 0.3 is 0 Å². The monoisotopic (exact) mass is 379 g/mol. The normalized spacial score (nSPS) is 18.1. The smallest absolute Gasteiger partial charge is 0.258 e. The Morgan fingerprint density at radius 1 is 1.21 bits per heavy atom. The molecule has 1 saturated carbocycles. The molecule has 0 unspecified atom stereocenters. The summed E-state index contributed by atoms with van der Waals surface area (Å²) in [7, 11) is 3.09. The fraction of sp³-hybridized carbons (Fsp3) is 0.333. The van der Waals surface area contributed by atoms with E-state index in [0.29, 0.717) is 28.4 Å². The van der Waals surface area contributed by atoms with Crippen LogP contribution in [-0.2, 0) is 0 Å². The van der Waals surface area contributed by atoms with Crippen LogP contribution in [-0.4, -0.2) is 18.8 Å². The van der Waals surface area contributed by atoms with E-state index in [0.717, 1.165) is 18.5 Å². The predicted octanol–water partition coefficient (Wildman–Crippen LogP) is 2.73. The zero-order valence-corrected chi connectivity index (χ0v) is 16.0. The van der Waals surface area contributed by atoms with E-state index in [1.165, 1.54) is 0 Å². The van der Waals surface area contributed by atoms with Gasteiger partial charge in [0.05, 0.1) is 25.7 Å². The van der Waals surface area contributed by atoms with Gasteiger partial charge in [0, 0.05) is 17.8 Å². The van der Waals surface area contributed by atoms with Gasteiger partial charge < -0.3 is 24.5 Å². The quantitative estimate of drug-likeness (QED) is 0.877. The molecule has 1 atom stereocenters. The Bertz CT molecular complexity index is 1090. The van der Waals surface area contributed by atoms with Crippen molar-refractivity contribution in [3.05, 3.63) is 62.9 Å². The SMILES string of the molecule is COc1ccc([C@@H]2C(C#N)=C(N)Oc3cc(C)n(C4CC4)c(=O)c32)cc1OC. The van der Waals surface area contributed by atoms with Crippen LogP contribution in [0.3, 0.4) is 0 Å². The van der Waals surface area contributed by atoms with Crippen LogP contribution >= 0.6 is 0 Å². The maximum Gasteiger partial charge on any atom is 0.258 e. The molecule has 2 heterocycles. The lowest BCUT2D eigenvalue weighted by atomic mass is 9.84. The van der Waals surface area contributed by atoms with Crippen LogP contribution in [0.15, 0.2) is 40.5 Å². The zero-order chi connectivity index (χ0) is 20.0. The third-order valence-electron chi connectivity index (χ3n) is 5.27. The Labute approximate surface area is 162 Å². The first-order valence-corrected chi connectivity index (χ1v) is 9.05. The molecule has 1 fully saturated rings. The Morgan fingerprint density at radius 2 is 1.93 bits per heavy atom. The number of benzene rings is 1. The topological polar surface area (TPSA) is 99.5 Å². The summed E-state index contributed by atoms with van der Waals surface area (Å²) in [5.74, 6) is 0.854. The molecule has 1 aliphatic heterocycles. The van der Waals surface area contributed by atoms with Crippen molar-refractivity contribution in [2.75, 3.05) is 14.2 Å². The van der Waals surface area contributed by atoms with Crippen molar-refractivity contribution in [3.63, 3.8) is 0 Å². The van der Waals surface area contributed by atoms with Gasteiger partial charge in [-0.3, -0.25) is 4.79 Å². The number of hydrogen-bond donors (Lipinski definition) is 1. The van der Waals surface area contributed by atoms with E-state index in [1.807, 2.05) is 19.1 Å². The summed E-state index contributed by atoms with van der Waals surface area (Å²) in [6.45, 7) is 1.88. The molecular formula is C21H21N3O4. The van der Waals surface area contributed by atoms with Crippen molar-refractivity contribution in [3.8, 4) is 23.3 Å². The fourth-order valence-corrected chi connectivity index (χ4v) is 3.81. The number of fused-ring (bicyclic) bond motifs is 1. The highest BCUT2D eigenvalue weighted by Crippen LogP contribution is 2.44. The number of pyridine rings is 1. The fourth-order valence-electron chi connectivity index (χ4n) is 3.81. The van der Waals surface area contributed by atoms with Crippen molar-refractivity contribution in [2.24, 2.45) is 5.73 Å². The molecule has 2 N–H and O–H groups in total. The standard InChI is InChI=1S/C21H21N3O4/c1-11-8-17-19(21(25)24(11)13-5-6-13)18(14(10-22)20(23)28-17)12-4-7-15(26-2)16(9-12)27-3/h4,7-9,13,18H,5-6,23H2,1-3H3/t18-/m1/s1. The molecule has 2 aromatic rings. The second-order valence-electron chi connectivity index (χ2n) is 7.01. The van der Waals surface area contributed by atoms with Gasteiger partial charge in [-0.2, -0.15) is 5.26 Å². The van der Waals surface area contributed by atoms with E-state index < -0.39 is 5.92 Å². The highest BCUT2D eigenvalue weighted by atomic mass is 16.5. The first-order valence-electron chi connectivity index (χ1n) is 9.05. The first kappa shape index (κ1) is 18.0. The molecule has 7 heteroatoms. The summed E-state index contributed by atoms with van der Waals surface area (Å²) in [5, 5.41) is 9.75. The second kappa shape index (κ2) is 6.64. The number of aryl methyl sites for hydroxylation is 1. The molecule has 1 aromatic carbocycles. The lowest BCUT2D eigenvalue weighted by molar-refractivity contribution is 0.354. The molecule has 0 radical (unpaired) electrons. The van der Waals surface area contributed by atoms with Gasteiger partial charge in [0.25, 0.3) is 5.56 Å². The summed E-state index contributed by atoms with van der Waals surface area (Å²) < 4.78 is 18.2. The minimum atomic E-state index is -0.633. The number of ether oxygens (including phenoxy) is 3. The number of nitrogens with zero attached hydrogens (tertiary/aromatic N) is 2. The summed E-state index contributed by atoms with van der Waals surface area (Å²) >= 11 is 0. The summed E-state index contributed by atoms with van der Waals surface area (Å²) in [4.78, 5) is 13.4. The highest BCUT2D eigenvalue weighted by molar-refractivity contribution is 5.57. The van der Waals surface area contributed by atoms with Gasteiger partial charge in [0.2, 0.25) is 5.88 Å². The predicted molar refractivity (Wildman–Crippen MR) is 103 cm³/mol. The molecule has 0 spiro atoms. The third-order valence-corrected chi connectivity index (χ3v) is 5.27. The molecular weight excluding hydrogens is 358 g/mol. The molecule has 4 rings (SSSR count). The number of hydrogen-bond acceptors (Lipinski definition) is 6. The molecule has 2 aliphatic rings. The molecule has 1 aromatic heterocycles. The van der Waals surface area contributed by atoms with E-state index in [9.17, 15) is 10.1 Å². The number of methoxy groups -OCH3 is 2. The highest BCUT2D eigenvalue weighted by Gasteiger charge is 2.37. The summed E-state index contributed by atoms with van der Waals surface area (Å²) in [6, 6.07) is 9.49. The van der Waals surface area contributed by atoms with E-state index in [2.05, 4.69) is 6.07 Å². The van der Waals surface area contributed by atoms with Crippen LogP contribution in [0.1, 0.15) is 41.6 Å². The van der Waals surface area contributed by atoms with Crippen LogP contribution in [0.4, 0.5) is 0 Å². The van der Waals surface area contributed by atoms with Crippen LogP contribution in [0.25, 0.3) is 0 Å². The number of rotatable bonds is 4. The van der Waals surface area contributed by atoms with Crippen LogP contribution in [0.5, 0.6) is 17.2 Å². The third kappa shape index (κ3) is 2.69. The minimum absolute atomic E-state index is 0.0118. The van der Waals surface area contributed by atoms with Crippen LogP contribution in [0.2, 0.25) is 0 Å². The maximum atomic E-state index is 13.4. The van der Waals surface area contributed by atoms with Crippen molar-refractivity contribution in [1.82, 2.24) is 4.57 Å². The molecule has 1 aliphatic carbocycles. The van der Waals surface area contributed by atoms with Crippen LogP contribution < -0.4 is 25.5 Å². The molecule has 0 bridgehead atoms. The maximum absolute atomic E-state index is 13.4. The summed E-state index contributed by atoms with van der Waals surface area (Å²) in [5.41, 5.74) is 8.07. The van der Waals surface area contributed by atoms with Gasteiger partial charge in [0.1, 0.15) is 17.4 Å². The van der Waals surface area contributed by atoms with Crippen molar-refractivity contribution >= 4 is 0 Å². The Morgan fingerprint density at radius 3 is 2.54 bits per heavy atom. The molecule has 0 saturated heterocycles. The number of nitrogens with two attached hydrogens (primary N) is 1. The number of aromatic nitrogens is 1. The Hall–Kier alpha value is -3.40. The van der Waals surface area contributed by atoms with Gasteiger partial charge in [-0.25, -0.2) is 0 Å². The van der Waals surface area contributed by atoms with Gasteiger partial charge in [-0.15, -0.1) is 0 Å². The second-order valence-corrected chi connectivity index (χ2v) is 7.01. The van der Waals surface area contributed by atoms with Crippen molar-refractivity contribution < 1.29 is 14.2 Å². The molecule has 144 valence electrons. The largest absolute Gasteiger partial charge is 0.493 e. The molecule has 28 heavy (non-hydrogen) atoms. The van der Waals surface area contributed by atoms with E-state index in [1.54, 1.807) is 30.9 Å². The van der Waals surface area contributed by atoms with Crippen molar-refractivity contribution in [2.45, 2.75) is 31.7 Å². The Balaban J connectivity index is 1.98. The average molecular weight is 379 g/mol. The number of allylic oxidation sites excluding steroid dienone is 1. The zero-order valence-electron chi connectivity index (χ0n) is 16.0. The molecule has 0 amide bonds. The minimum Gasteiger partial charge on any atom is -0.493 e. The van der Waals surface area contributed by atoms with E-state index in [4.69, 9.17) is 19.9 Å². The lowest BCUT2D eigenvalue weighted by Crippen LogP contribution is -2.32. The average Bonchev–Trinajstić information content (AvgIpc) is 3.51. The van der Waals surface area contributed by atoms with Crippen molar-refractivity contribution in [1.29, 1.82) is 5.26 Å². The van der Waals surface area contributed by atoms with Crippen LogP contribution in [0, 0.1) is 18.3 Å². The molecule has 7 nitrogen and oxygen atoms in total. The lowest BCUT2D eigenvalue weighted by Gasteiger charge is -2.27. The van der Waals surface area contributed by atoms with Gasteiger partial charge in [-0.1, -0.05) is 6.07 Å². The summed E-state index contributed by atoms with van der Waals surface area (Å²) in [6.07, 6.45) is 1.95. The Kier molecular flexibility index (Phi) is 4.27. The first-order chi connectivity index (χ1) is 13.5. The number of nitriles is 1. The van der Waals surface area contributed by atoms with E-state index in [-0.39, 0.29) is 23.1 Å².